The van der Waals surface area contributed by atoms with Crippen molar-refractivity contribution in [3.63, 3.8) is 0 Å². The van der Waals surface area contributed by atoms with Gasteiger partial charge in [-0.15, -0.1) is 0 Å². The van der Waals surface area contributed by atoms with Crippen LogP contribution in [0.2, 0.25) is 0 Å². The average molecular weight is 278 g/mol. The summed E-state index contributed by atoms with van der Waals surface area (Å²) in [5.74, 6) is 0.0479. The van der Waals surface area contributed by atoms with Gasteiger partial charge in [-0.3, -0.25) is 9.48 Å². The van der Waals surface area contributed by atoms with Crippen molar-refractivity contribution < 1.29 is 4.79 Å². The number of amides is 1. The maximum absolute atomic E-state index is 12.6. The number of hydrogen-bond acceptors (Lipinski definition) is 3. The Labute approximate surface area is 121 Å². The van der Waals surface area contributed by atoms with Crippen LogP contribution in [0.25, 0.3) is 0 Å². The Morgan fingerprint density at radius 2 is 2.10 bits per heavy atom. The average Bonchev–Trinajstić information content (AvgIpc) is 2.67. The zero-order chi connectivity index (χ0) is 14.9. The molecule has 1 aromatic rings. The fraction of sp³-hybridized carbons (Fsp3) is 0.733. The quantitative estimate of drug-likeness (QED) is 0.893. The second-order valence-electron chi connectivity index (χ2n) is 6.25. The van der Waals surface area contributed by atoms with E-state index in [-0.39, 0.29) is 5.91 Å². The third-order valence-electron chi connectivity index (χ3n) is 4.17. The summed E-state index contributed by atoms with van der Waals surface area (Å²) in [5, 5.41) is 10.9. The van der Waals surface area contributed by atoms with E-state index in [1.54, 1.807) is 0 Å². The summed E-state index contributed by atoms with van der Waals surface area (Å²) in [4.78, 5) is 12.6. The van der Waals surface area contributed by atoms with Crippen LogP contribution >= 0.6 is 0 Å². The van der Waals surface area contributed by atoms with Crippen LogP contribution in [0.5, 0.6) is 0 Å². The molecule has 5 heteroatoms. The van der Waals surface area contributed by atoms with Crippen molar-refractivity contribution in [3.8, 4) is 0 Å². The van der Waals surface area contributed by atoms with E-state index in [4.69, 9.17) is 0 Å². The zero-order valence-corrected chi connectivity index (χ0v) is 13.2. The monoisotopic (exact) mass is 278 g/mol. The minimum atomic E-state index is -0.461. The van der Waals surface area contributed by atoms with E-state index >= 15 is 0 Å². The molecule has 20 heavy (non-hydrogen) atoms. The van der Waals surface area contributed by atoms with Crippen molar-refractivity contribution in [2.24, 2.45) is 0 Å². The lowest BCUT2D eigenvalue weighted by Gasteiger charge is -2.33. The molecule has 0 aromatic carbocycles. The van der Waals surface area contributed by atoms with Crippen molar-refractivity contribution >= 4 is 11.6 Å². The summed E-state index contributed by atoms with van der Waals surface area (Å²) in [6.07, 6.45) is 3.13. The molecule has 1 aromatic heterocycles. The molecule has 1 saturated heterocycles. The number of carbonyl (C=O) groups excluding carboxylic acids is 1. The molecule has 2 rings (SSSR count). The van der Waals surface area contributed by atoms with Gasteiger partial charge in [0.05, 0.1) is 22.6 Å². The smallest absolute Gasteiger partial charge is 0.244 e. The van der Waals surface area contributed by atoms with Gasteiger partial charge in [-0.25, -0.2) is 0 Å². The van der Waals surface area contributed by atoms with E-state index < -0.39 is 5.54 Å². The number of nitrogens with one attached hydrogen (secondary N) is 2. The number of carbonyl (C=O) groups is 1. The summed E-state index contributed by atoms with van der Waals surface area (Å²) in [5.41, 5.74) is 2.29. The van der Waals surface area contributed by atoms with Crippen molar-refractivity contribution in [2.75, 3.05) is 11.9 Å². The van der Waals surface area contributed by atoms with Gasteiger partial charge < -0.3 is 10.6 Å². The van der Waals surface area contributed by atoms with Crippen LogP contribution in [0.15, 0.2) is 0 Å². The van der Waals surface area contributed by atoms with Crippen molar-refractivity contribution in [1.82, 2.24) is 15.1 Å². The predicted octanol–water partition coefficient (Wildman–Crippen LogP) is 2.55. The number of nitrogens with zero attached hydrogens (tertiary/aromatic N) is 2. The maximum Gasteiger partial charge on any atom is 0.244 e. The van der Waals surface area contributed by atoms with E-state index in [1.165, 1.54) is 0 Å². The van der Waals surface area contributed by atoms with Gasteiger partial charge >= 0.3 is 0 Å². The fourth-order valence-electron chi connectivity index (χ4n) is 2.85. The van der Waals surface area contributed by atoms with Crippen molar-refractivity contribution in [2.45, 2.75) is 65.5 Å². The first-order valence-electron chi connectivity index (χ1n) is 7.47. The van der Waals surface area contributed by atoms with Crippen LogP contribution in [-0.2, 0) is 4.79 Å². The Hall–Kier alpha value is -1.36. The SMILES string of the molecule is Cc1nn(C(C)C)c(C)c1NC(=O)C1(C)CCCCN1. The number of aryl methyl sites for hydroxylation is 1. The standard InChI is InChI=1S/C15H26N4O/c1-10(2)19-12(4)13(11(3)18-19)17-14(20)15(5)8-6-7-9-16-15/h10,16H,6-9H2,1-5H3,(H,17,20). The zero-order valence-electron chi connectivity index (χ0n) is 13.2. The van der Waals surface area contributed by atoms with Gasteiger partial charge in [0.2, 0.25) is 5.91 Å². The lowest BCUT2D eigenvalue weighted by atomic mass is 9.90. The van der Waals surface area contributed by atoms with Gasteiger partial charge in [0.1, 0.15) is 0 Å². The molecule has 1 amide bonds. The molecule has 112 valence electrons. The number of piperidine rings is 1. The Balaban J connectivity index is 2.19. The molecule has 0 aliphatic carbocycles. The summed E-state index contributed by atoms with van der Waals surface area (Å²) >= 11 is 0. The van der Waals surface area contributed by atoms with E-state index in [9.17, 15) is 4.79 Å². The molecule has 1 aliphatic heterocycles. The third-order valence-corrected chi connectivity index (χ3v) is 4.17. The van der Waals surface area contributed by atoms with Crippen LogP contribution in [0.1, 0.15) is 57.5 Å². The highest BCUT2D eigenvalue weighted by Gasteiger charge is 2.35. The molecule has 0 bridgehead atoms. The Morgan fingerprint density at radius 1 is 1.40 bits per heavy atom. The number of rotatable bonds is 3. The molecule has 0 saturated carbocycles. The maximum atomic E-state index is 12.6. The summed E-state index contributed by atoms with van der Waals surface area (Å²) in [7, 11) is 0. The first kappa shape index (κ1) is 15.0. The first-order valence-corrected chi connectivity index (χ1v) is 7.47. The summed E-state index contributed by atoms with van der Waals surface area (Å²) < 4.78 is 1.96. The highest BCUT2D eigenvalue weighted by molar-refractivity contribution is 5.98. The summed E-state index contributed by atoms with van der Waals surface area (Å²) in [6.45, 7) is 11.0. The second kappa shape index (κ2) is 5.56. The van der Waals surface area contributed by atoms with Crippen LogP contribution in [0.4, 0.5) is 5.69 Å². The molecule has 1 unspecified atom stereocenters. The minimum absolute atomic E-state index is 0.0479. The third kappa shape index (κ3) is 2.73. The molecular weight excluding hydrogens is 252 g/mol. The van der Waals surface area contributed by atoms with E-state index in [1.807, 2.05) is 25.5 Å². The number of aromatic nitrogens is 2. The van der Waals surface area contributed by atoms with Crippen LogP contribution < -0.4 is 10.6 Å². The molecular formula is C15H26N4O. The van der Waals surface area contributed by atoms with Gasteiger partial charge in [-0.05, 0) is 60.4 Å². The van der Waals surface area contributed by atoms with Crippen LogP contribution in [0, 0.1) is 13.8 Å². The van der Waals surface area contributed by atoms with E-state index in [0.717, 1.165) is 42.9 Å². The topological polar surface area (TPSA) is 59.0 Å². The highest BCUT2D eigenvalue weighted by Crippen LogP contribution is 2.25. The largest absolute Gasteiger partial charge is 0.321 e. The molecule has 2 heterocycles. The molecule has 0 radical (unpaired) electrons. The van der Waals surface area contributed by atoms with Crippen LogP contribution in [0.3, 0.4) is 0 Å². The Bertz CT molecular complexity index is 498. The predicted molar refractivity (Wildman–Crippen MR) is 81.0 cm³/mol. The lowest BCUT2D eigenvalue weighted by Crippen LogP contribution is -2.54. The number of hydrogen-bond donors (Lipinski definition) is 2. The molecule has 1 aliphatic rings. The van der Waals surface area contributed by atoms with E-state index in [0.29, 0.717) is 6.04 Å². The van der Waals surface area contributed by atoms with Crippen molar-refractivity contribution in [1.29, 1.82) is 0 Å². The number of anilines is 1. The minimum Gasteiger partial charge on any atom is -0.321 e. The van der Waals surface area contributed by atoms with Crippen LogP contribution in [-0.4, -0.2) is 27.8 Å². The van der Waals surface area contributed by atoms with Gasteiger partial charge in [0.15, 0.2) is 0 Å². The van der Waals surface area contributed by atoms with Gasteiger partial charge in [0, 0.05) is 6.04 Å². The molecule has 2 N–H and O–H groups in total. The summed E-state index contributed by atoms with van der Waals surface area (Å²) in [6, 6.07) is 0.294. The van der Waals surface area contributed by atoms with Gasteiger partial charge in [-0.2, -0.15) is 5.10 Å². The fourth-order valence-corrected chi connectivity index (χ4v) is 2.85. The molecule has 1 fully saturated rings. The molecule has 1 atom stereocenters. The second-order valence-corrected chi connectivity index (χ2v) is 6.25. The normalized spacial score (nSPS) is 23.1. The van der Waals surface area contributed by atoms with Crippen molar-refractivity contribution in [3.05, 3.63) is 11.4 Å². The first-order chi connectivity index (χ1) is 9.35. The Morgan fingerprint density at radius 3 is 2.60 bits per heavy atom. The highest BCUT2D eigenvalue weighted by atomic mass is 16.2. The lowest BCUT2D eigenvalue weighted by molar-refractivity contribution is -0.122. The van der Waals surface area contributed by atoms with Gasteiger partial charge in [-0.1, -0.05) is 0 Å². The molecule has 5 nitrogen and oxygen atoms in total. The Kier molecular flexibility index (Phi) is 4.18. The van der Waals surface area contributed by atoms with Gasteiger partial charge in [0.25, 0.3) is 0 Å². The molecule has 0 spiro atoms. The van der Waals surface area contributed by atoms with E-state index in [2.05, 4.69) is 29.6 Å².